The minimum atomic E-state index is -0.353. The molecule has 22 heavy (non-hydrogen) atoms. The molecule has 0 fully saturated rings. The van der Waals surface area contributed by atoms with Crippen LogP contribution in [0.3, 0.4) is 0 Å². The summed E-state index contributed by atoms with van der Waals surface area (Å²) in [6.45, 7) is 0. The predicted octanol–water partition coefficient (Wildman–Crippen LogP) is 2.53. The summed E-state index contributed by atoms with van der Waals surface area (Å²) in [6, 6.07) is 7.95. The highest BCUT2D eigenvalue weighted by molar-refractivity contribution is 5.94. The lowest BCUT2D eigenvalue weighted by atomic mass is 10.2. The number of anilines is 1. The lowest BCUT2D eigenvalue weighted by Gasteiger charge is -2.12. The zero-order valence-corrected chi connectivity index (χ0v) is 12.0. The molecule has 112 valence electrons. The second-order valence-corrected chi connectivity index (χ2v) is 5.00. The van der Waals surface area contributed by atoms with Crippen LogP contribution in [-0.4, -0.2) is 20.3 Å². The third-order valence-electron chi connectivity index (χ3n) is 3.24. The molecule has 0 unspecified atom stereocenters. The topological polar surface area (TPSA) is 51.9 Å². The number of aryl methyl sites for hydroxylation is 1. The van der Waals surface area contributed by atoms with Crippen LogP contribution < -0.4 is 5.32 Å². The average molecular weight is 298 g/mol. The van der Waals surface area contributed by atoms with Crippen LogP contribution in [-0.2, 0) is 18.3 Å². The van der Waals surface area contributed by atoms with E-state index in [0.717, 1.165) is 5.56 Å². The molecule has 0 aliphatic heterocycles. The Morgan fingerprint density at radius 1 is 1.32 bits per heavy atom. The Morgan fingerprint density at radius 2 is 2.09 bits per heavy atom. The van der Waals surface area contributed by atoms with Gasteiger partial charge in [0.05, 0.1) is 24.0 Å². The first-order valence-electron chi connectivity index (χ1n) is 6.82. The van der Waals surface area contributed by atoms with Crippen LogP contribution in [0.15, 0.2) is 55.1 Å². The molecule has 0 spiro atoms. The molecule has 0 saturated heterocycles. The van der Waals surface area contributed by atoms with E-state index in [9.17, 15) is 9.18 Å². The maximum absolute atomic E-state index is 13.5. The number of carbonyl (C=O) groups excluding carboxylic acids is 1. The first-order chi connectivity index (χ1) is 10.6. The van der Waals surface area contributed by atoms with E-state index in [2.05, 4.69) is 10.4 Å². The van der Waals surface area contributed by atoms with Gasteiger partial charge in [-0.1, -0.05) is 0 Å². The highest BCUT2D eigenvalue weighted by Gasteiger charge is 2.10. The van der Waals surface area contributed by atoms with Crippen molar-refractivity contribution in [3.05, 3.63) is 66.5 Å². The van der Waals surface area contributed by atoms with Crippen LogP contribution in [0.5, 0.6) is 0 Å². The fraction of sp³-hybridized carbons (Fsp3) is 0.125. The molecule has 0 bridgehead atoms. The van der Waals surface area contributed by atoms with Gasteiger partial charge in [-0.25, -0.2) is 4.39 Å². The maximum atomic E-state index is 13.5. The number of hydrogen-bond donors (Lipinski definition) is 1. The third kappa shape index (κ3) is 3.06. The first-order valence-corrected chi connectivity index (χ1v) is 6.82. The quantitative estimate of drug-likeness (QED) is 0.804. The molecule has 2 heterocycles. The van der Waals surface area contributed by atoms with E-state index in [-0.39, 0.29) is 18.1 Å². The van der Waals surface area contributed by atoms with Crippen molar-refractivity contribution < 1.29 is 9.18 Å². The van der Waals surface area contributed by atoms with E-state index in [1.807, 2.05) is 12.1 Å². The van der Waals surface area contributed by atoms with E-state index < -0.39 is 0 Å². The molecule has 5 nitrogen and oxygen atoms in total. The van der Waals surface area contributed by atoms with Crippen molar-refractivity contribution in [2.45, 2.75) is 6.42 Å². The molecule has 6 heteroatoms. The molecule has 3 aromatic rings. The molecule has 0 radical (unpaired) electrons. The van der Waals surface area contributed by atoms with Crippen LogP contribution in [0.1, 0.15) is 5.56 Å². The maximum Gasteiger partial charge on any atom is 0.228 e. The minimum absolute atomic E-state index is 0.173. The summed E-state index contributed by atoms with van der Waals surface area (Å²) in [5.74, 6) is -0.526. The van der Waals surface area contributed by atoms with Gasteiger partial charge in [0.15, 0.2) is 0 Å². The summed E-state index contributed by atoms with van der Waals surface area (Å²) in [6.07, 6.45) is 7.25. The Morgan fingerprint density at radius 3 is 2.77 bits per heavy atom. The van der Waals surface area contributed by atoms with Gasteiger partial charge >= 0.3 is 0 Å². The summed E-state index contributed by atoms with van der Waals surface area (Å²) in [4.78, 5) is 12.1. The second kappa shape index (κ2) is 5.85. The normalized spacial score (nSPS) is 10.6. The van der Waals surface area contributed by atoms with Crippen molar-refractivity contribution in [3.8, 4) is 5.69 Å². The zero-order chi connectivity index (χ0) is 15.5. The van der Waals surface area contributed by atoms with Crippen molar-refractivity contribution in [3.63, 3.8) is 0 Å². The largest absolute Gasteiger partial charge is 0.324 e. The van der Waals surface area contributed by atoms with Crippen LogP contribution >= 0.6 is 0 Å². The fourth-order valence-electron chi connectivity index (χ4n) is 2.26. The summed E-state index contributed by atoms with van der Waals surface area (Å²) < 4.78 is 16.9. The van der Waals surface area contributed by atoms with Gasteiger partial charge in [-0.15, -0.1) is 0 Å². The van der Waals surface area contributed by atoms with Crippen molar-refractivity contribution in [1.29, 1.82) is 0 Å². The highest BCUT2D eigenvalue weighted by Crippen LogP contribution is 2.22. The third-order valence-corrected chi connectivity index (χ3v) is 3.24. The molecule has 1 aromatic carbocycles. The summed E-state index contributed by atoms with van der Waals surface area (Å²) in [5, 5.41) is 6.85. The Labute approximate surface area is 127 Å². The summed E-state index contributed by atoms with van der Waals surface area (Å²) >= 11 is 0. The van der Waals surface area contributed by atoms with E-state index in [0.29, 0.717) is 11.4 Å². The molecule has 0 atom stereocenters. The Bertz CT molecular complexity index is 792. The number of carbonyl (C=O) groups is 1. The van der Waals surface area contributed by atoms with Gasteiger partial charge in [-0.2, -0.15) is 5.10 Å². The van der Waals surface area contributed by atoms with Crippen molar-refractivity contribution >= 4 is 11.6 Å². The number of rotatable bonds is 4. The molecule has 0 aliphatic rings. The molecule has 0 aliphatic carbocycles. The van der Waals surface area contributed by atoms with Crippen molar-refractivity contribution in [2.75, 3.05) is 5.32 Å². The minimum Gasteiger partial charge on any atom is -0.324 e. The Kier molecular flexibility index (Phi) is 3.74. The van der Waals surface area contributed by atoms with Crippen molar-refractivity contribution in [1.82, 2.24) is 14.3 Å². The van der Waals surface area contributed by atoms with Crippen LogP contribution in [0, 0.1) is 5.82 Å². The van der Waals surface area contributed by atoms with E-state index >= 15 is 0 Å². The van der Waals surface area contributed by atoms with Gasteiger partial charge in [0, 0.05) is 25.6 Å². The number of amides is 1. The number of aromatic nitrogens is 3. The van der Waals surface area contributed by atoms with Crippen LogP contribution in [0.2, 0.25) is 0 Å². The molecule has 1 N–H and O–H groups in total. The molecule has 2 aromatic heterocycles. The molecule has 1 amide bonds. The first kappa shape index (κ1) is 14.1. The fourth-order valence-corrected chi connectivity index (χ4v) is 2.26. The van der Waals surface area contributed by atoms with E-state index in [4.69, 9.17) is 0 Å². The van der Waals surface area contributed by atoms with Gasteiger partial charge < -0.3 is 9.88 Å². The molecule has 0 saturated carbocycles. The Hall–Kier alpha value is -2.89. The van der Waals surface area contributed by atoms with Gasteiger partial charge in [0.25, 0.3) is 0 Å². The van der Waals surface area contributed by atoms with Crippen LogP contribution in [0.25, 0.3) is 5.69 Å². The molecular formula is C16H15FN4O. The lowest BCUT2D eigenvalue weighted by Crippen LogP contribution is -2.15. The van der Waals surface area contributed by atoms with E-state index in [1.54, 1.807) is 47.2 Å². The van der Waals surface area contributed by atoms with Crippen molar-refractivity contribution in [2.24, 2.45) is 7.05 Å². The number of benzene rings is 1. The smallest absolute Gasteiger partial charge is 0.228 e. The number of nitrogens with zero attached hydrogens (tertiary/aromatic N) is 3. The number of hydrogen-bond acceptors (Lipinski definition) is 2. The lowest BCUT2D eigenvalue weighted by molar-refractivity contribution is -0.115. The number of halogens is 1. The summed E-state index contributed by atoms with van der Waals surface area (Å²) in [7, 11) is 1.80. The van der Waals surface area contributed by atoms with Gasteiger partial charge in [-0.3, -0.25) is 9.48 Å². The monoisotopic (exact) mass is 298 g/mol. The Balaban J connectivity index is 1.81. The van der Waals surface area contributed by atoms with Gasteiger partial charge in [-0.05, 0) is 35.9 Å². The zero-order valence-electron chi connectivity index (χ0n) is 12.0. The summed E-state index contributed by atoms with van der Waals surface area (Å²) in [5.41, 5.74) is 1.97. The molecular weight excluding hydrogens is 283 g/mol. The van der Waals surface area contributed by atoms with Gasteiger partial charge in [0.1, 0.15) is 5.82 Å². The second-order valence-electron chi connectivity index (χ2n) is 5.00. The predicted molar refractivity (Wildman–Crippen MR) is 81.3 cm³/mol. The standard InChI is InChI=1S/C16H15FN4O/c1-20-11-12(10-18-20)8-16(22)19-14-5-4-13(17)9-15(14)21-6-2-3-7-21/h2-7,9-11H,8H2,1H3,(H,19,22). The SMILES string of the molecule is Cn1cc(CC(=O)Nc2ccc(F)cc2-n2cccc2)cn1. The van der Waals surface area contributed by atoms with Gasteiger partial charge in [0.2, 0.25) is 5.91 Å². The average Bonchev–Trinajstić information content (AvgIpc) is 3.12. The molecule has 3 rings (SSSR count). The van der Waals surface area contributed by atoms with Crippen LogP contribution in [0.4, 0.5) is 10.1 Å². The van der Waals surface area contributed by atoms with E-state index in [1.165, 1.54) is 12.1 Å². The number of nitrogens with one attached hydrogen (secondary N) is 1. The highest BCUT2D eigenvalue weighted by atomic mass is 19.1.